The van der Waals surface area contributed by atoms with Gasteiger partial charge in [-0.15, -0.1) is 0 Å². The van der Waals surface area contributed by atoms with E-state index >= 15 is 0 Å². The van der Waals surface area contributed by atoms with E-state index in [2.05, 4.69) is 11.3 Å². The van der Waals surface area contributed by atoms with E-state index in [9.17, 15) is 4.79 Å². The minimum absolute atomic E-state index is 0.312. The zero-order valence-electron chi connectivity index (χ0n) is 10.9. The van der Waals surface area contributed by atoms with E-state index in [4.69, 9.17) is 0 Å². The second-order valence-electron chi connectivity index (χ2n) is 4.33. The van der Waals surface area contributed by atoms with Crippen molar-refractivity contribution in [1.82, 2.24) is 0 Å². The Kier molecular flexibility index (Phi) is 4.14. The Balaban J connectivity index is 2.08. The summed E-state index contributed by atoms with van der Waals surface area (Å²) >= 11 is 0. The van der Waals surface area contributed by atoms with E-state index in [0.29, 0.717) is 5.56 Å². The molecule has 2 rings (SSSR count). The van der Waals surface area contributed by atoms with Gasteiger partial charge >= 0.3 is 5.97 Å². The molecule has 0 aliphatic carbocycles. The molecule has 0 atom stereocenters. The van der Waals surface area contributed by atoms with Gasteiger partial charge in [0.2, 0.25) is 0 Å². The topological polar surface area (TPSA) is 26.3 Å². The monoisotopic (exact) mass is 252 g/mol. The summed E-state index contributed by atoms with van der Waals surface area (Å²) in [4.78, 5) is 11.3. The van der Waals surface area contributed by atoms with E-state index in [1.165, 1.54) is 7.11 Å². The van der Waals surface area contributed by atoms with E-state index in [0.717, 1.165) is 23.1 Å². The van der Waals surface area contributed by atoms with Crippen LogP contribution in [0.1, 0.15) is 21.5 Å². The zero-order chi connectivity index (χ0) is 13.7. The summed E-state index contributed by atoms with van der Waals surface area (Å²) in [5, 5.41) is 0. The highest BCUT2D eigenvalue weighted by Crippen LogP contribution is 2.18. The molecule has 2 aromatic rings. The van der Waals surface area contributed by atoms with Crippen molar-refractivity contribution in [2.24, 2.45) is 0 Å². The van der Waals surface area contributed by atoms with Gasteiger partial charge in [-0.3, -0.25) is 0 Å². The Morgan fingerprint density at radius 1 is 1.00 bits per heavy atom. The molecule has 2 heteroatoms. The molecule has 0 saturated heterocycles. The number of esters is 1. The molecule has 0 unspecified atom stereocenters. The molecule has 0 aliphatic heterocycles. The first kappa shape index (κ1) is 13.1. The first-order valence-electron chi connectivity index (χ1n) is 6.11. The quantitative estimate of drug-likeness (QED) is 0.775. The van der Waals surface area contributed by atoms with Gasteiger partial charge in [-0.2, -0.15) is 0 Å². The van der Waals surface area contributed by atoms with Crippen molar-refractivity contribution < 1.29 is 9.53 Å². The number of ether oxygens (including phenoxy) is 1. The Morgan fingerprint density at radius 2 is 1.63 bits per heavy atom. The fraction of sp³-hybridized carbons (Fsp3) is 0.118. The van der Waals surface area contributed by atoms with Crippen LogP contribution in [0, 0.1) is 0 Å². The van der Waals surface area contributed by atoms with Gasteiger partial charge in [0.25, 0.3) is 0 Å². The maximum Gasteiger partial charge on any atom is 0.337 e. The van der Waals surface area contributed by atoms with Crippen molar-refractivity contribution in [3.63, 3.8) is 0 Å². The fourth-order valence-electron chi connectivity index (χ4n) is 1.90. The van der Waals surface area contributed by atoms with Crippen LogP contribution in [-0.2, 0) is 11.2 Å². The molecule has 19 heavy (non-hydrogen) atoms. The molecule has 0 fully saturated rings. The summed E-state index contributed by atoms with van der Waals surface area (Å²) in [6, 6.07) is 17.5. The van der Waals surface area contributed by atoms with Crippen molar-refractivity contribution in [3.8, 4) is 0 Å². The van der Waals surface area contributed by atoms with Crippen LogP contribution in [0.4, 0.5) is 0 Å². The molecule has 0 heterocycles. The van der Waals surface area contributed by atoms with Crippen molar-refractivity contribution in [3.05, 3.63) is 77.9 Å². The number of carbonyl (C=O) groups is 1. The van der Waals surface area contributed by atoms with Gasteiger partial charge in [-0.25, -0.2) is 4.79 Å². The van der Waals surface area contributed by atoms with E-state index < -0.39 is 0 Å². The normalized spacial score (nSPS) is 9.95. The number of benzene rings is 2. The minimum atomic E-state index is -0.312. The van der Waals surface area contributed by atoms with Gasteiger partial charge in [-0.1, -0.05) is 49.0 Å². The molecule has 2 nitrogen and oxygen atoms in total. The number of allylic oxidation sites excluding steroid dienone is 1. The number of carbonyl (C=O) groups excluding carboxylic acids is 1. The van der Waals surface area contributed by atoms with Crippen LogP contribution in [0.15, 0.2) is 61.2 Å². The van der Waals surface area contributed by atoms with Crippen LogP contribution >= 0.6 is 0 Å². The second kappa shape index (κ2) is 6.01. The van der Waals surface area contributed by atoms with Crippen LogP contribution < -0.4 is 0 Å². The summed E-state index contributed by atoms with van der Waals surface area (Å²) in [5.41, 5.74) is 3.89. The Bertz CT molecular complexity index is 568. The first-order chi connectivity index (χ1) is 9.20. The average molecular weight is 252 g/mol. The number of methoxy groups -OCH3 is 1. The van der Waals surface area contributed by atoms with E-state index in [1.807, 2.05) is 42.5 Å². The third kappa shape index (κ3) is 3.32. The molecule has 0 aliphatic rings. The van der Waals surface area contributed by atoms with Crippen molar-refractivity contribution >= 4 is 11.5 Å². The maximum absolute atomic E-state index is 11.3. The van der Waals surface area contributed by atoms with Crippen molar-refractivity contribution in [2.45, 2.75) is 6.42 Å². The van der Waals surface area contributed by atoms with Gasteiger partial charge in [0.1, 0.15) is 0 Å². The summed E-state index contributed by atoms with van der Waals surface area (Å²) in [6.07, 6.45) is 0.769. The van der Waals surface area contributed by atoms with Crippen molar-refractivity contribution in [2.75, 3.05) is 7.11 Å². The number of hydrogen-bond donors (Lipinski definition) is 0. The molecule has 0 bridgehead atoms. The van der Waals surface area contributed by atoms with E-state index in [1.54, 1.807) is 12.1 Å². The summed E-state index contributed by atoms with van der Waals surface area (Å²) in [5.74, 6) is -0.312. The van der Waals surface area contributed by atoms with Crippen LogP contribution in [0.25, 0.3) is 5.57 Å². The lowest BCUT2D eigenvalue weighted by Gasteiger charge is -2.07. The lowest BCUT2D eigenvalue weighted by atomic mass is 9.99. The fourth-order valence-corrected chi connectivity index (χ4v) is 1.90. The zero-order valence-corrected chi connectivity index (χ0v) is 10.9. The lowest BCUT2D eigenvalue weighted by Crippen LogP contribution is -2.01. The Hall–Kier alpha value is -2.35. The average Bonchev–Trinajstić information content (AvgIpc) is 2.48. The van der Waals surface area contributed by atoms with E-state index in [-0.39, 0.29) is 5.97 Å². The standard InChI is InChI=1S/C17H16O2/c1-13(15-6-4-3-5-7-15)12-14-8-10-16(11-9-14)17(18)19-2/h3-11H,1,12H2,2H3. The smallest absolute Gasteiger partial charge is 0.337 e. The first-order valence-corrected chi connectivity index (χ1v) is 6.11. The van der Waals surface area contributed by atoms with Gasteiger partial charge < -0.3 is 4.74 Å². The SMILES string of the molecule is C=C(Cc1ccc(C(=O)OC)cc1)c1ccccc1. The van der Waals surface area contributed by atoms with Gasteiger partial charge in [-0.05, 0) is 35.3 Å². The highest BCUT2D eigenvalue weighted by Gasteiger charge is 2.05. The highest BCUT2D eigenvalue weighted by atomic mass is 16.5. The Morgan fingerprint density at radius 3 is 2.21 bits per heavy atom. The number of hydrogen-bond acceptors (Lipinski definition) is 2. The van der Waals surface area contributed by atoms with Gasteiger partial charge in [0, 0.05) is 0 Å². The van der Waals surface area contributed by atoms with Crippen LogP contribution in [0.2, 0.25) is 0 Å². The molecule has 0 N–H and O–H groups in total. The van der Waals surface area contributed by atoms with Crippen LogP contribution in [0.3, 0.4) is 0 Å². The molecule has 0 amide bonds. The minimum Gasteiger partial charge on any atom is -0.465 e. The molecular weight excluding hydrogens is 236 g/mol. The predicted octanol–water partition coefficient (Wildman–Crippen LogP) is 3.73. The molecule has 2 aromatic carbocycles. The molecule has 0 aromatic heterocycles. The molecule has 96 valence electrons. The van der Waals surface area contributed by atoms with Crippen molar-refractivity contribution in [1.29, 1.82) is 0 Å². The van der Waals surface area contributed by atoms with Crippen LogP contribution in [-0.4, -0.2) is 13.1 Å². The largest absolute Gasteiger partial charge is 0.465 e. The van der Waals surface area contributed by atoms with Gasteiger partial charge in [0.15, 0.2) is 0 Å². The van der Waals surface area contributed by atoms with Crippen LogP contribution in [0.5, 0.6) is 0 Å². The summed E-state index contributed by atoms with van der Waals surface area (Å²) in [7, 11) is 1.38. The molecule has 0 radical (unpaired) electrons. The molecule has 0 saturated carbocycles. The highest BCUT2D eigenvalue weighted by molar-refractivity contribution is 5.89. The van der Waals surface area contributed by atoms with Gasteiger partial charge in [0.05, 0.1) is 12.7 Å². The third-order valence-electron chi connectivity index (χ3n) is 2.97. The summed E-state index contributed by atoms with van der Waals surface area (Å²) < 4.78 is 4.67. The maximum atomic E-state index is 11.3. The predicted molar refractivity (Wildman–Crippen MR) is 77.0 cm³/mol. The second-order valence-corrected chi connectivity index (χ2v) is 4.33. The Labute approximate surface area is 113 Å². The third-order valence-corrected chi connectivity index (χ3v) is 2.97. The molecular formula is C17H16O2. The summed E-state index contributed by atoms with van der Waals surface area (Å²) in [6.45, 7) is 4.10. The lowest BCUT2D eigenvalue weighted by molar-refractivity contribution is 0.0600. The number of rotatable bonds is 4. The molecule has 0 spiro atoms.